The SMILES string of the molecule is CN(CC(=O)O)C(=O)OCc1ccc(C(C(N)=O)c2ccc(F)cc2)cc1. The van der Waals surface area contributed by atoms with Gasteiger partial charge >= 0.3 is 12.1 Å². The molecule has 1 atom stereocenters. The molecule has 0 aromatic heterocycles. The number of halogens is 1. The van der Waals surface area contributed by atoms with Gasteiger partial charge in [0.15, 0.2) is 0 Å². The number of benzene rings is 2. The van der Waals surface area contributed by atoms with Gasteiger partial charge in [-0.15, -0.1) is 0 Å². The van der Waals surface area contributed by atoms with Crippen LogP contribution < -0.4 is 5.73 Å². The second-order valence-corrected chi connectivity index (χ2v) is 5.93. The Bertz CT molecular complexity index is 821. The number of hydrogen-bond donors (Lipinski definition) is 2. The Labute approximate surface area is 155 Å². The maximum Gasteiger partial charge on any atom is 0.410 e. The average Bonchev–Trinajstić information content (AvgIpc) is 2.61. The number of hydrogen-bond acceptors (Lipinski definition) is 4. The van der Waals surface area contributed by atoms with Crippen molar-refractivity contribution in [1.82, 2.24) is 4.90 Å². The van der Waals surface area contributed by atoms with Crippen molar-refractivity contribution >= 4 is 18.0 Å². The van der Waals surface area contributed by atoms with Crippen molar-refractivity contribution < 1.29 is 28.6 Å². The second-order valence-electron chi connectivity index (χ2n) is 5.93. The van der Waals surface area contributed by atoms with Crippen LogP contribution in [0.3, 0.4) is 0 Å². The van der Waals surface area contributed by atoms with E-state index in [1.54, 1.807) is 24.3 Å². The van der Waals surface area contributed by atoms with E-state index in [9.17, 15) is 18.8 Å². The van der Waals surface area contributed by atoms with Crippen LogP contribution in [0.15, 0.2) is 48.5 Å². The van der Waals surface area contributed by atoms with Gasteiger partial charge in [-0.25, -0.2) is 9.18 Å². The Morgan fingerprint density at radius 2 is 1.59 bits per heavy atom. The molecule has 7 nitrogen and oxygen atoms in total. The Balaban J connectivity index is 2.06. The number of ether oxygens (including phenoxy) is 1. The maximum absolute atomic E-state index is 13.1. The number of carbonyl (C=O) groups excluding carboxylic acids is 2. The largest absolute Gasteiger partial charge is 0.480 e. The van der Waals surface area contributed by atoms with E-state index < -0.39 is 36.2 Å². The molecule has 2 aromatic carbocycles. The zero-order chi connectivity index (χ0) is 20.0. The first kappa shape index (κ1) is 19.9. The third kappa shape index (κ3) is 5.53. The highest BCUT2D eigenvalue weighted by Crippen LogP contribution is 2.25. The molecule has 0 aliphatic heterocycles. The Morgan fingerprint density at radius 1 is 1.07 bits per heavy atom. The first-order valence-corrected chi connectivity index (χ1v) is 8.01. The molecule has 0 spiro atoms. The fourth-order valence-electron chi connectivity index (χ4n) is 2.51. The van der Waals surface area contributed by atoms with Crippen molar-refractivity contribution in [2.75, 3.05) is 13.6 Å². The molecule has 27 heavy (non-hydrogen) atoms. The molecule has 0 aliphatic carbocycles. The van der Waals surface area contributed by atoms with E-state index >= 15 is 0 Å². The Kier molecular flexibility index (Phi) is 6.48. The Morgan fingerprint density at radius 3 is 2.07 bits per heavy atom. The molecule has 8 heteroatoms. The van der Waals surface area contributed by atoms with E-state index in [0.717, 1.165) is 4.90 Å². The smallest absolute Gasteiger partial charge is 0.410 e. The van der Waals surface area contributed by atoms with E-state index in [1.807, 2.05) is 0 Å². The molecule has 0 radical (unpaired) electrons. The number of aliphatic carboxylic acids is 1. The third-order valence-corrected chi connectivity index (χ3v) is 3.85. The highest BCUT2D eigenvalue weighted by atomic mass is 19.1. The molecule has 2 aromatic rings. The summed E-state index contributed by atoms with van der Waals surface area (Å²) in [5.41, 5.74) is 7.33. The van der Waals surface area contributed by atoms with E-state index in [1.165, 1.54) is 31.3 Å². The summed E-state index contributed by atoms with van der Waals surface area (Å²) in [5, 5.41) is 8.65. The average molecular weight is 374 g/mol. The van der Waals surface area contributed by atoms with Crippen molar-refractivity contribution in [2.24, 2.45) is 5.73 Å². The standard InChI is InChI=1S/C19H19FN2O5/c1-22(10-16(23)24)19(26)27-11-12-2-4-13(5-3-12)17(18(21)25)14-6-8-15(20)9-7-14/h2-9,17H,10-11H2,1H3,(H2,21,25)(H,23,24). The summed E-state index contributed by atoms with van der Waals surface area (Å²) in [6, 6.07) is 12.2. The summed E-state index contributed by atoms with van der Waals surface area (Å²) in [5.74, 6) is -2.86. The quantitative estimate of drug-likeness (QED) is 0.771. The lowest BCUT2D eigenvalue weighted by molar-refractivity contribution is -0.137. The first-order chi connectivity index (χ1) is 12.8. The number of carboxylic acid groups (broad SMARTS) is 1. The van der Waals surface area contributed by atoms with Gasteiger partial charge < -0.3 is 20.5 Å². The number of carboxylic acids is 1. The lowest BCUT2D eigenvalue weighted by Crippen LogP contribution is -2.32. The van der Waals surface area contributed by atoms with E-state index in [0.29, 0.717) is 16.7 Å². The van der Waals surface area contributed by atoms with Gasteiger partial charge in [0.1, 0.15) is 19.0 Å². The molecular weight excluding hydrogens is 355 g/mol. The highest BCUT2D eigenvalue weighted by Gasteiger charge is 2.20. The van der Waals surface area contributed by atoms with Crippen LogP contribution in [-0.2, 0) is 20.9 Å². The van der Waals surface area contributed by atoms with E-state index in [-0.39, 0.29) is 6.61 Å². The summed E-state index contributed by atoms with van der Waals surface area (Å²) < 4.78 is 18.1. The lowest BCUT2D eigenvalue weighted by atomic mass is 9.90. The van der Waals surface area contributed by atoms with Crippen molar-refractivity contribution in [2.45, 2.75) is 12.5 Å². The molecular formula is C19H19FN2O5. The summed E-state index contributed by atoms with van der Waals surface area (Å²) in [4.78, 5) is 35.0. The molecule has 0 fully saturated rings. The molecule has 0 saturated heterocycles. The van der Waals surface area contributed by atoms with Crippen LogP contribution >= 0.6 is 0 Å². The number of amides is 2. The molecule has 3 N–H and O–H groups in total. The van der Waals surface area contributed by atoms with Crippen LogP contribution in [0.5, 0.6) is 0 Å². The van der Waals surface area contributed by atoms with Crippen molar-refractivity contribution in [3.05, 3.63) is 71.0 Å². The first-order valence-electron chi connectivity index (χ1n) is 8.01. The topological polar surface area (TPSA) is 110 Å². The number of nitrogens with two attached hydrogens (primary N) is 1. The maximum atomic E-state index is 13.1. The zero-order valence-electron chi connectivity index (χ0n) is 14.6. The number of likely N-dealkylation sites (N-methyl/N-ethyl adjacent to an activating group) is 1. The fraction of sp³-hybridized carbons (Fsp3) is 0.211. The van der Waals surface area contributed by atoms with Gasteiger partial charge in [-0.2, -0.15) is 0 Å². The van der Waals surface area contributed by atoms with Gasteiger partial charge in [-0.1, -0.05) is 36.4 Å². The van der Waals surface area contributed by atoms with E-state index in [4.69, 9.17) is 15.6 Å². The van der Waals surface area contributed by atoms with Crippen LogP contribution in [0.4, 0.5) is 9.18 Å². The second kappa shape index (κ2) is 8.79. The highest BCUT2D eigenvalue weighted by molar-refractivity contribution is 5.85. The molecule has 2 amide bonds. The minimum absolute atomic E-state index is 0.0547. The van der Waals surface area contributed by atoms with E-state index in [2.05, 4.69) is 0 Å². The Hall–Kier alpha value is -3.42. The predicted molar refractivity (Wildman–Crippen MR) is 94.3 cm³/mol. The van der Waals surface area contributed by atoms with Gasteiger partial charge in [-0.05, 0) is 28.8 Å². The van der Waals surface area contributed by atoms with Gasteiger partial charge in [-0.3, -0.25) is 9.59 Å². The van der Waals surface area contributed by atoms with Gasteiger partial charge in [0.2, 0.25) is 5.91 Å². The zero-order valence-corrected chi connectivity index (χ0v) is 14.6. The number of primary amides is 1. The van der Waals surface area contributed by atoms with Gasteiger partial charge in [0, 0.05) is 7.05 Å². The molecule has 2 rings (SSSR count). The molecule has 142 valence electrons. The molecule has 1 unspecified atom stereocenters. The summed E-state index contributed by atoms with van der Waals surface area (Å²) >= 11 is 0. The van der Waals surface area contributed by atoms with Gasteiger partial charge in [0.05, 0.1) is 5.92 Å². The number of rotatable bonds is 7. The van der Waals surface area contributed by atoms with Crippen LogP contribution in [0.25, 0.3) is 0 Å². The van der Waals surface area contributed by atoms with Crippen LogP contribution in [-0.4, -0.2) is 41.6 Å². The van der Waals surface area contributed by atoms with Gasteiger partial charge in [0.25, 0.3) is 0 Å². The minimum atomic E-state index is -1.14. The third-order valence-electron chi connectivity index (χ3n) is 3.85. The number of nitrogens with zero attached hydrogens (tertiary/aromatic N) is 1. The lowest BCUT2D eigenvalue weighted by Gasteiger charge is -2.16. The van der Waals surface area contributed by atoms with Crippen molar-refractivity contribution in [3.8, 4) is 0 Å². The summed E-state index contributed by atoms with van der Waals surface area (Å²) in [6.07, 6.45) is -0.761. The van der Waals surface area contributed by atoms with Crippen molar-refractivity contribution in [3.63, 3.8) is 0 Å². The molecule has 0 bridgehead atoms. The van der Waals surface area contributed by atoms with Crippen molar-refractivity contribution in [1.29, 1.82) is 0 Å². The van der Waals surface area contributed by atoms with Crippen LogP contribution in [0.1, 0.15) is 22.6 Å². The predicted octanol–water partition coefficient (Wildman–Crippen LogP) is 2.10. The van der Waals surface area contributed by atoms with Crippen LogP contribution in [0.2, 0.25) is 0 Å². The molecule has 0 aliphatic rings. The summed E-state index contributed by atoms with van der Waals surface area (Å²) in [6.45, 7) is -0.517. The molecule has 0 heterocycles. The summed E-state index contributed by atoms with van der Waals surface area (Å²) in [7, 11) is 1.32. The fourth-order valence-corrected chi connectivity index (χ4v) is 2.51. The minimum Gasteiger partial charge on any atom is -0.480 e. The monoisotopic (exact) mass is 374 g/mol. The normalized spacial score (nSPS) is 11.5. The molecule has 0 saturated carbocycles. The number of carbonyl (C=O) groups is 3. The van der Waals surface area contributed by atoms with Crippen LogP contribution in [0, 0.1) is 5.82 Å².